The molecule has 0 bridgehead atoms. The van der Waals surface area contributed by atoms with Crippen LogP contribution in [0.25, 0.3) is 0 Å². The van der Waals surface area contributed by atoms with E-state index in [4.69, 9.17) is 5.73 Å². The third-order valence-electron chi connectivity index (χ3n) is 2.46. The van der Waals surface area contributed by atoms with E-state index in [1.807, 2.05) is 13.8 Å². The SMILES string of the molecule is CC(C)NC1CCN(CCC(N)=O)C1=O. The van der Waals surface area contributed by atoms with Crippen molar-refractivity contribution in [1.29, 1.82) is 0 Å². The lowest BCUT2D eigenvalue weighted by molar-refractivity contribution is -0.130. The quantitative estimate of drug-likeness (QED) is 0.644. The van der Waals surface area contributed by atoms with Gasteiger partial charge in [0.2, 0.25) is 11.8 Å². The summed E-state index contributed by atoms with van der Waals surface area (Å²) in [5, 5.41) is 3.20. The minimum atomic E-state index is -0.358. The Bertz CT molecular complexity index is 253. The molecule has 0 aromatic rings. The van der Waals surface area contributed by atoms with E-state index in [0.29, 0.717) is 12.6 Å². The van der Waals surface area contributed by atoms with Gasteiger partial charge in [0.1, 0.15) is 0 Å². The number of hydrogen-bond donors (Lipinski definition) is 2. The average Bonchev–Trinajstić information content (AvgIpc) is 2.44. The van der Waals surface area contributed by atoms with Crippen molar-refractivity contribution >= 4 is 11.8 Å². The molecule has 15 heavy (non-hydrogen) atoms. The number of likely N-dealkylation sites (tertiary alicyclic amines) is 1. The number of hydrogen-bond acceptors (Lipinski definition) is 3. The van der Waals surface area contributed by atoms with Crippen LogP contribution in [0.4, 0.5) is 0 Å². The largest absolute Gasteiger partial charge is 0.370 e. The van der Waals surface area contributed by atoms with Crippen molar-refractivity contribution < 1.29 is 9.59 Å². The van der Waals surface area contributed by atoms with E-state index in [9.17, 15) is 9.59 Å². The smallest absolute Gasteiger partial charge is 0.239 e. The number of primary amides is 1. The van der Waals surface area contributed by atoms with Crippen molar-refractivity contribution in [1.82, 2.24) is 10.2 Å². The number of amides is 2. The topological polar surface area (TPSA) is 75.4 Å². The van der Waals surface area contributed by atoms with E-state index in [-0.39, 0.29) is 24.3 Å². The van der Waals surface area contributed by atoms with Gasteiger partial charge in [0.25, 0.3) is 0 Å². The Balaban J connectivity index is 2.38. The van der Waals surface area contributed by atoms with Crippen LogP contribution in [-0.2, 0) is 9.59 Å². The fourth-order valence-electron chi connectivity index (χ4n) is 1.76. The van der Waals surface area contributed by atoms with Gasteiger partial charge >= 0.3 is 0 Å². The van der Waals surface area contributed by atoms with Crippen LogP contribution < -0.4 is 11.1 Å². The zero-order valence-corrected chi connectivity index (χ0v) is 9.32. The van der Waals surface area contributed by atoms with Crippen molar-refractivity contribution in [2.45, 2.75) is 38.8 Å². The highest BCUT2D eigenvalue weighted by Gasteiger charge is 2.31. The van der Waals surface area contributed by atoms with E-state index < -0.39 is 0 Å². The second kappa shape index (κ2) is 5.11. The molecule has 1 atom stereocenters. The lowest BCUT2D eigenvalue weighted by atomic mass is 10.2. The standard InChI is InChI=1S/C10H19N3O2/c1-7(2)12-8-3-5-13(10(8)15)6-4-9(11)14/h7-8,12H,3-6H2,1-2H3,(H2,11,14). The molecule has 2 amide bonds. The van der Waals surface area contributed by atoms with Crippen molar-refractivity contribution in [3.8, 4) is 0 Å². The number of nitrogens with one attached hydrogen (secondary N) is 1. The summed E-state index contributed by atoms with van der Waals surface area (Å²) in [5.74, 6) is -0.270. The Kier molecular flexibility index (Phi) is 4.08. The first kappa shape index (κ1) is 12.0. The van der Waals surface area contributed by atoms with E-state index in [1.165, 1.54) is 0 Å². The molecule has 0 aromatic heterocycles. The number of carbonyl (C=O) groups is 2. The van der Waals surface area contributed by atoms with Gasteiger partial charge < -0.3 is 16.0 Å². The predicted octanol–water partition coefficient (Wildman–Crippen LogP) is -0.539. The molecular weight excluding hydrogens is 194 g/mol. The molecule has 0 spiro atoms. The van der Waals surface area contributed by atoms with Gasteiger partial charge in [-0.3, -0.25) is 9.59 Å². The van der Waals surface area contributed by atoms with Crippen molar-refractivity contribution in [2.24, 2.45) is 5.73 Å². The Morgan fingerprint density at radius 1 is 1.67 bits per heavy atom. The van der Waals surface area contributed by atoms with Gasteiger partial charge in [0.15, 0.2) is 0 Å². The summed E-state index contributed by atoms with van der Waals surface area (Å²) in [5.41, 5.74) is 5.04. The van der Waals surface area contributed by atoms with Crippen molar-refractivity contribution in [3.63, 3.8) is 0 Å². The molecule has 3 N–H and O–H groups in total. The Morgan fingerprint density at radius 3 is 2.87 bits per heavy atom. The maximum atomic E-state index is 11.8. The summed E-state index contributed by atoms with van der Waals surface area (Å²) in [6, 6.07) is 0.216. The van der Waals surface area contributed by atoms with Gasteiger partial charge in [-0.25, -0.2) is 0 Å². The minimum absolute atomic E-state index is 0.0853. The number of carbonyl (C=O) groups excluding carboxylic acids is 2. The summed E-state index contributed by atoms with van der Waals surface area (Å²) in [6.07, 6.45) is 1.07. The maximum absolute atomic E-state index is 11.8. The molecular formula is C10H19N3O2. The van der Waals surface area contributed by atoms with Gasteiger partial charge in [-0.1, -0.05) is 13.8 Å². The predicted molar refractivity (Wildman–Crippen MR) is 57.1 cm³/mol. The molecule has 1 fully saturated rings. The van der Waals surface area contributed by atoms with Crippen LogP contribution in [0.1, 0.15) is 26.7 Å². The lowest BCUT2D eigenvalue weighted by Gasteiger charge is -2.17. The number of nitrogens with zero attached hydrogens (tertiary/aromatic N) is 1. The highest BCUT2D eigenvalue weighted by Crippen LogP contribution is 2.11. The zero-order chi connectivity index (χ0) is 11.4. The second-order valence-corrected chi connectivity index (χ2v) is 4.20. The molecule has 1 heterocycles. The summed E-state index contributed by atoms with van der Waals surface area (Å²) in [4.78, 5) is 24.1. The molecule has 5 heteroatoms. The van der Waals surface area contributed by atoms with Crippen LogP contribution in [-0.4, -0.2) is 41.9 Å². The van der Waals surface area contributed by atoms with Gasteiger partial charge in [-0.2, -0.15) is 0 Å². The summed E-state index contributed by atoms with van der Waals surface area (Å²) < 4.78 is 0. The van der Waals surface area contributed by atoms with Crippen LogP contribution >= 0.6 is 0 Å². The Morgan fingerprint density at radius 2 is 2.33 bits per heavy atom. The fraction of sp³-hybridized carbons (Fsp3) is 0.800. The molecule has 1 saturated heterocycles. The van der Waals surface area contributed by atoms with E-state index in [2.05, 4.69) is 5.32 Å². The van der Waals surface area contributed by atoms with Gasteiger partial charge in [0.05, 0.1) is 6.04 Å². The fourth-order valence-corrected chi connectivity index (χ4v) is 1.76. The van der Waals surface area contributed by atoms with Crippen LogP contribution in [0.3, 0.4) is 0 Å². The van der Waals surface area contributed by atoms with E-state index >= 15 is 0 Å². The van der Waals surface area contributed by atoms with Crippen LogP contribution in [0.15, 0.2) is 0 Å². The normalized spacial score (nSPS) is 21.4. The minimum Gasteiger partial charge on any atom is -0.370 e. The number of nitrogens with two attached hydrogens (primary N) is 1. The molecule has 1 aliphatic heterocycles. The highest BCUT2D eigenvalue weighted by atomic mass is 16.2. The first-order valence-electron chi connectivity index (χ1n) is 5.34. The molecule has 1 aliphatic rings. The summed E-state index contributed by atoms with van der Waals surface area (Å²) >= 11 is 0. The van der Waals surface area contributed by atoms with E-state index in [0.717, 1.165) is 13.0 Å². The first-order chi connectivity index (χ1) is 7.00. The molecule has 0 radical (unpaired) electrons. The second-order valence-electron chi connectivity index (χ2n) is 4.20. The Labute approximate surface area is 90.0 Å². The third kappa shape index (κ3) is 3.51. The molecule has 86 valence electrons. The summed E-state index contributed by atoms with van der Waals surface area (Å²) in [7, 11) is 0. The maximum Gasteiger partial charge on any atom is 0.239 e. The average molecular weight is 213 g/mol. The highest BCUT2D eigenvalue weighted by molar-refractivity contribution is 5.84. The summed E-state index contributed by atoms with van der Waals surface area (Å²) in [6.45, 7) is 5.19. The molecule has 1 unspecified atom stereocenters. The Hall–Kier alpha value is -1.10. The number of rotatable bonds is 5. The molecule has 1 rings (SSSR count). The molecule has 0 aliphatic carbocycles. The first-order valence-corrected chi connectivity index (χ1v) is 5.34. The monoisotopic (exact) mass is 213 g/mol. The zero-order valence-electron chi connectivity index (χ0n) is 9.32. The van der Waals surface area contributed by atoms with Crippen molar-refractivity contribution in [2.75, 3.05) is 13.1 Å². The molecule has 5 nitrogen and oxygen atoms in total. The lowest BCUT2D eigenvalue weighted by Crippen LogP contribution is -2.42. The van der Waals surface area contributed by atoms with Crippen molar-refractivity contribution in [3.05, 3.63) is 0 Å². The third-order valence-corrected chi connectivity index (χ3v) is 2.46. The van der Waals surface area contributed by atoms with Crippen LogP contribution in [0.2, 0.25) is 0 Å². The van der Waals surface area contributed by atoms with Gasteiger partial charge in [-0.15, -0.1) is 0 Å². The molecule has 0 saturated carbocycles. The van der Waals surface area contributed by atoms with E-state index in [1.54, 1.807) is 4.90 Å². The van der Waals surface area contributed by atoms with Crippen LogP contribution in [0, 0.1) is 0 Å². The van der Waals surface area contributed by atoms with Gasteiger partial charge in [-0.05, 0) is 6.42 Å². The van der Waals surface area contributed by atoms with Crippen LogP contribution in [0.5, 0.6) is 0 Å². The van der Waals surface area contributed by atoms with Gasteiger partial charge in [0, 0.05) is 25.6 Å². The molecule has 0 aromatic carbocycles.